The van der Waals surface area contributed by atoms with E-state index in [1.54, 1.807) is 34.9 Å². The number of methoxy groups -OCH3 is 2. The molecular weight excluding hydrogens is 469 g/mol. The smallest absolute Gasteiger partial charge is 0.410 e. The molecule has 0 unspecified atom stereocenters. The van der Waals surface area contributed by atoms with E-state index in [1.165, 1.54) is 14.2 Å². The van der Waals surface area contributed by atoms with E-state index in [1.807, 2.05) is 0 Å². The fourth-order valence-corrected chi connectivity index (χ4v) is 5.09. The Bertz CT molecular complexity index is 1010. The molecule has 1 amide bonds. The van der Waals surface area contributed by atoms with Crippen LogP contribution in [0.4, 0.5) is 19.0 Å². The number of amides is 1. The topological polar surface area (TPSA) is 68.6 Å². The van der Waals surface area contributed by atoms with Crippen molar-refractivity contribution < 1.29 is 27.4 Å². The van der Waals surface area contributed by atoms with Gasteiger partial charge in [-0.05, 0) is 17.7 Å². The lowest BCUT2D eigenvalue weighted by molar-refractivity contribution is -0.173. The molecule has 32 heavy (non-hydrogen) atoms. The van der Waals surface area contributed by atoms with E-state index >= 15 is 0 Å². The summed E-state index contributed by atoms with van der Waals surface area (Å²) >= 11 is 8.14. The van der Waals surface area contributed by atoms with Gasteiger partial charge in [-0.3, -0.25) is 4.79 Å². The number of hydrogen-bond donors (Lipinski definition) is 1. The van der Waals surface area contributed by atoms with Gasteiger partial charge in [0.2, 0.25) is 0 Å². The van der Waals surface area contributed by atoms with Gasteiger partial charge < -0.3 is 19.7 Å². The summed E-state index contributed by atoms with van der Waals surface area (Å²) in [5, 5.41) is 6.97. The molecule has 3 heterocycles. The Morgan fingerprint density at radius 2 is 1.91 bits per heavy atom. The average Bonchev–Trinajstić information content (AvgIpc) is 3.13. The first kappa shape index (κ1) is 22.9. The van der Waals surface area contributed by atoms with Crippen molar-refractivity contribution in [2.45, 2.75) is 24.7 Å². The number of anilines is 1. The van der Waals surface area contributed by atoms with Gasteiger partial charge in [0.05, 0.1) is 20.3 Å². The second kappa shape index (κ2) is 8.93. The molecule has 1 fully saturated rings. The molecule has 0 saturated carbocycles. The molecule has 174 valence electrons. The van der Waals surface area contributed by atoms with E-state index in [2.05, 4.69) is 10.4 Å². The quantitative estimate of drug-likeness (QED) is 0.685. The van der Waals surface area contributed by atoms with E-state index < -0.39 is 24.2 Å². The van der Waals surface area contributed by atoms with Crippen LogP contribution in [0, 0.1) is 0 Å². The van der Waals surface area contributed by atoms with Crippen LogP contribution in [0.2, 0.25) is 5.02 Å². The zero-order valence-electron chi connectivity index (χ0n) is 17.4. The summed E-state index contributed by atoms with van der Waals surface area (Å²) < 4.78 is 53.3. The molecular formula is C20H22ClF3N4O3S. The van der Waals surface area contributed by atoms with Gasteiger partial charge in [0.25, 0.3) is 5.91 Å². The number of benzene rings is 1. The van der Waals surface area contributed by atoms with Crippen molar-refractivity contribution in [3.05, 3.63) is 34.5 Å². The summed E-state index contributed by atoms with van der Waals surface area (Å²) in [5.41, 5.74) is 0.407. The molecule has 1 saturated heterocycles. The number of alkyl halides is 3. The number of carbonyl (C=O) groups is 1. The van der Waals surface area contributed by atoms with E-state index in [0.717, 1.165) is 16.2 Å². The van der Waals surface area contributed by atoms with Gasteiger partial charge >= 0.3 is 6.18 Å². The Kier molecular flexibility index (Phi) is 6.39. The molecule has 2 aliphatic rings. The second-order valence-electron chi connectivity index (χ2n) is 7.46. The van der Waals surface area contributed by atoms with Crippen molar-refractivity contribution in [2.24, 2.45) is 0 Å². The summed E-state index contributed by atoms with van der Waals surface area (Å²) in [4.78, 5) is 14.5. The van der Waals surface area contributed by atoms with Gasteiger partial charge in [-0.15, -0.1) is 0 Å². The Morgan fingerprint density at radius 3 is 2.53 bits per heavy atom. The fourth-order valence-electron chi connectivity index (χ4n) is 3.93. The maximum Gasteiger partial charge on any atom is 0.410 e. The van der Waals surface area contributed by atoms with Crippen molar-refractivity contribution in [2.75, 3.05) is 44.1 Å². The summed E-state index contributed by atoms with van der Waals surface area (Å²) in [7, 11) is 2.94. The number of thioether (sulfide) groups is 1. The number of nitrogens with zero attached hydrogens (tertiary/aromatic N) is 3. The van der Waals surface area contributed by atoms with Crippen LogP contribution < -0.4 is 14.8 Å². The zero-order valence-corrected chi connectivity index (χ0v) is 19.0. The molecule has 0 aliphatic carbocycles. The van der Waals surface area contributed by atoms with Gasteiger partial charge in [0, 0.05) is 31.0 Å². The monoisotopic (exact) mass is 490 g/mol. The van der Waals surface area contributed by atoms with Crippen LogP contribution in [-0.4, -0.2) is 65.6 Å². The van der Waals surface area contributed by atoms with Gasteiger partial charge in [-0.25, -0.2) is 4.68 Å². The highest BCUT2D eigenvalue weighted by atomic mass is 35.5. The third-order valence-electron chi connectivity index (χ3n) is 5.61. The van der Waals surface area contributed by atoms with Crippen LogP contribution in [0.1, 0.15) is 34.6 Å². The highest BCUT2D eigenvalue weighted by molar-refractivity contribution is 7.99. The lowest BCUT2D eigenvalue weighted by atomic mass is 9.96. The SMILES string of the molecule is COc1ccc([C@H]2C[C@H](C(F)(F)F)n3nc(C(=O)N4CCSCC4)c(Cl)c3N2)cc1OC. The number of rotatable bonds is 4. The number of aromatic nitrogens is 2. The van der Waals surface area contributed by atoms with Crippen LogP contribution >= 0.6 is 23.4 Å². The highest BCUT2D eigenvalue weighted by Crippen LogP contribution is 2.47. The van der Waals surface area contributed by atoms with Crippen LogP contribution in [0.5, 0.6) is 11.5 Å². The number of hydrogen-bond acceptors (Lipinski definition) is 6. The largest absolute Gasteiger partial charge is 0.493 e. The molecule has 1 aromatic carbocycles. The minimum Gasteiger partial charge on any atom is -0.493 e. The summed E-state index contributed by atoms with van der Waals surface area (Å²) in [6.07, 6.45) is -4.90. The van der Waals surface area contributed by atoms with Crippen molar-refractivity contribution >= 4 is 35.1 Å². The minimum atomic E-state index is -4.58. The summed E-state index contributed by atoms with van der Waals surface area (Å²) in [6, 6.07) is 2.27. The Hall–Kier alpha value is -2.27. The second-order valence-corrected chi connectivity index (χ2v) is 9.07. The number of halogens is 4. The normalized spacial score (nSPS) is 21.0. The van der Waals surface area contributed by atoms with Gasteiger partial charge in [0.15, 0.2) is 23.2 Å². The molecule has 0 radical (unpaired) electrons. The summed E-state index contributed by atoms with van der Waals surface area (Å²) in [5.74, 6) is 1.93. The molecule has 12 heteroatoms. The first-order valence-corrected chi connectivity index (χ1v) is 11.5. The highest BCUT2D eigenvalue weighted by Gasteiger charge is 2.48. The summed E-state index contributed by atoms with van der Waals surface area (Å²) in [6.45, 7) is 1.01. The number of fused-ring (bicyclic) bond motifs is 1. The Labute approximate surface area is 192 Å². The standard InChI is InChI=1S/C20H22ClF3N4O3S/c1-30-13-4-3-11(9-14(13)31-2)12-10-15(20(22,23)24)28-18(25-12)16(21)17(26-28)19(29)27-5-7-32-8-6-27/h3-4,9,12,15,25H,5-8,10H2,1-2H3/t12-,15-/m1/s1. The Morgan fingerprint density at radius 1 is 1.22 bits per heavy atom. The maximum absolute atomic E-state index is 14.0. The molecule has 7 nitrogen and oxygen atoms in total. The minimum absolute atomic E-state index is 0.0187. The van der Waals surface area contributed by atoms with E-state index in [-0.39, 0.29) is 23.0 Å². The van der Waals surface area contributed by atoms with Gasteiger partial charge in [-0.2, -0.15) is 30.0 Å². The molecule has 2 atom stereocenters. The van der Waals surface area contributed by atoms with Gasteiger partial charge in [0.1, 0.15) is 10.8 Å². The molecule has 1 aromatic heterocycles. The molecule has 2 aliphatic heterocycles. The van der Waals surface area contributed by atoms with Crippen LogP contribution in [-0.2, 0) is 0 Å². The van der Waals surface area contributed by atoms with Crippen LogP contribution in [0.15, 0.2) is 18.2 Å². The maximum atomic E-state index is 14.0. The van der Waals surface area contributed by atoms with Crippen molar-refractivity contribution in [1.29, 1.82) is 0 Å². The van der Waals surface area contributed by atoms with E-state index in [9.17, 15) is 18.0 Å². The van der Waals surface area contributed by atoms with Gasteiger partial charge in [-0.1, -0.05) is 17.7 Å². The van der Waals surface area contributed by atoms with E-state index in [0.29, 0.717) is 30.2 Å². The van der Waals surface area contributed by atoms with Crippen molar-refractivity contribution in [3.8, 4) is 11.5 Å². The predicted molar refractivity (Wildman–Crippen MR) is 116 cm³/mol. The van der Waals surface area contributed by atoms with Crippen molar-refractivity contribution in [1.82, 2.24) is 14.7 Å². The third-order valence-corrected chi connectivity index (χ3v) is 6.91. The molecule has 0 spiro atoms. The predicted octanol–water partition coefficient (Wildman–Crippen LogP) is 4.40. The average molecular weight is 491 g/mol. The van der Waals surface area contributed by atoms with E-state index in [4.69, 9.17) is 21.1 Å². The van der Waals surface area contributed by atoms with Crippen LogP contribution in [0.3, 0.4) is 0 Å². The van der Waals surface area contributed by atoms with Crippen LogP contribution in [0.25, 0.3) is 0 Å². The lowest BCUT2D eigenvalue weighted by Gasteiger charge is -2.33. The molecule has 0 bridgehead atoms. The molecule has 2 aromatic rings. The number of nitrogens with one attached hydrogen (secondary N) is 1. The number of ether oxygens (including phenoxy) is 2. The third kappa shape index (κ3) is 4.19. The first-order chi connectivity index (χ1) is 15.2. The molecule has 1 N–H and O–H groups in total. The fraction of sp³-hybridized carbons (Fsp3) is 0.500. The first-order valence-electron chi connectivity index (χ1n) is 9.94. The molecule has 4 rings (SSSR count). The zero-order chi connectivity index (χ0) is 23.0. The van der Waals surface area contributed by atoms with Crippen molar-refractivity contribution in [3.63, 3.8) is 0 Å². The Balaban J connectivity index is 1.72. The lowest BCUT2D eigenvalue weighted by Crippen LogP contribution is -2.38. The number of carbonyl (C=O) groups excluding carboxylic acids is 1.